The average Bonchev–Trinajstić information content (AvgIpc) is 2.17. The van der Waals surface area contributed by atoms with Crippen molar-refractivity contribution in [3.05, 3.63) is 24.3 Å². The highest BCUT2D eigenvalue weighted by atomic mass is 16.5. The second-order valence-electron chi connectivity index (χ2n) is 4.08. The molecule has 4 rings (SSSR count). The largest absolute Gasteiger partial charge is 0.397 e. The van der Waals surface area contributed by atoms with Gasteiger partial charge < -0.3 is 15.4 Å². The lowest BCUT2D eigenvalue weighted by molar-refractivity contribution is -0.133. The number of nitrogens with zero attached hydrogens (tertiary/aromatic N) is 1. The quantitative estimate of drug-likeness (QED) is 0.677. The van der Waals surface area contributed by atoms with Gasteiger partial charge in [-0.2, -0.15) is 0 Å². The normalized spacial score (nSPS) is 29.9. The highest BCUT2D eigenvalue weighted by Gasteiger charge is 2.38. The summed E-state index contributed by atoms with van der Waals surface area (Å²) < 4.78 is 5.58. The number of nitrogen functional groups attached to an aromatic ring is 1. The molecule has 3 nitrogen and oxygen atoms in total. The fourth-order valence-corrected chi connectivity index (χ4v) is 2.33. The van der Waals surface area contributed by atoms with Gasteiger partial charge in [0.05, 0.1) is 23.6 Å². The molecule has 1 aromatic carbocycles. The van der Waals surface area contributed by atoms with E-state index < -0.39 is 0 Å². The molecule has 3 heterocycles. The lowest BCUT2D eigenvalue weighted by Gasteiger charge is -2.48. The fraction of sp³-hybridized carbons (Fsp3) is 0.455. The monoisotopic (exact) mass is 190 g/mol. The van der Waals surface area contributed by atoms with Crippen LogP contribution in [0, 0.1) is 0 Å². The second-order valence-corrected chi connectivity index (χ2v) is 4.08. The van der Waals surface area contributed by atoms with E-state index in [9.17, 15) is 0 Å². The van der Waals surface area contributed by atoms with Crippen LogP contribution in [0.15, 0.2) is 24.3 Å². The van der Waals surface area contributed by atoms with Crippen LogP contribution >= 0.6 is 0 Å². The predicted octanol–water partition coefficient (Wildman–Crippen LogP) is 1.25. The summed E-state index contributed by atoms with van der Waals surface area (Å²) in [6.45, 7) is 1.98. The SMILES string of the molecule is Nc1ccccc1N1CC2CC(C1)O2. The molecule has 2 N–H and O–H groups in total. The molecule has 0 aliphatic carbocycles. The van der Waals surface area contributed by atoms with E-state index in [-0.39, 0.29) is 0 Å². The molecule has 0 radical (unpaired) electrons. The van der Waals surface area contributed by atoms with Gasteiger partial charge in [-0.25, -0.2) is 0 Å². The van der Waals surface area contributed by atoms with Crippen LogP contribution in [-0.2, 0) is 4.74 Å². The molecule has 0 amide bonds. The highest BCUT2D eigenvalue weighted by molar-refractivity contribution is 5.67. The van der Waals surface area contributed by atoms with Crippen molar-refractivity contribution in [2.75, 3.05) is 23.7 Å². The molecular formula is C11H14N2O. The number of fused-ring (bicyclic) bond motifs is 2. The summed E-state index contributed by atoms with van der Waals surface area (Å²) in [6.07, 6.45) is 2.10. The minimum absolute atomic E-state index is 0.438. The molecule has 3 saturated heterocycles. The number of para-hydroxylation sites is 2. The maximum atomic E-state index is 5.93. The van der Waals surface area contributed by atoms with Crippen molar-refractivity contribution in [2.24, 2.45) is 0 Å². The van der Waals surface area contributed by atoms with Crippen molar-refractivity contribution in [3.63, 3.8) is 0 Å². The fourth-order valence-electron chi connectivity index (χ4n) is 2.33. The van der Waals surface area contributed by atoms with Crippen LogP contribution in [0.3, 0.4) is 0 Å². The molecule has 0 spiro atoms. The van der Waals surface area contributed by atoms with Crippen LogP contribution in [-0.4, -0.2) is 25.3 Å². The molecule has 14 heavy (non-hydrogen) atoms. The number of morpholine rings is 1. The van der Waals surface area contributed by atoms with Gasteiger partial charge in [0.15, 0.2) is 0 Å². The third-order valence-corrected chi connectivity index (χ3v) is 3.04. The Morgan fingerprint density at radius 1 is 1.21 bits per heavy atom. The van der Waals surface area contributed by atoms with Crippen LogP contribution in [0.5, 0.6) is 0 Å². The van der Waals surface area contributed by atoms with Gasteiger partial charge in [-0.05, 0) is 12.1 Å². The molecule has 3 heteroatoms. The van der Waals surface area contributed by atoms with E-state index >= 15 is 0 Å². The third kappa shape index (κ3) is 1.16. The summed E-state index contributed by atoms with van der Waals surface area (Å²) in [5.74, 6) is 0. The topological polar surface area (TPSA) is 38.5 Å². The lowest BCUT2D eigenvalue weighted by atomic mass is 9.98. The summed E-state index contributed by atoms with van der Waals surface area (Å²) in [5, 5.41) is 0. The van der Waals surface area contributed by atoms with E-state index in [2.05, 4.69) is 11.0 Å². The van der Waals surface area contributed by atoms with E-state index in [1.807, 2.05) is 18.2 Å². The molecule has 0 aromatic heterocycles. The average molecular weight is 190 g/mol. The van der Waals surface area contributed by atoms with Gasteiger partial charge in [-0.15, -0.1) is 0 Å². The third-order valence-electron chi connectivity index (χ3n) is 3.04. The standard InChI is InChI=1S/C11H14N2O/c12-10-3-1-2-4-11(10)13-6-8-5-9(7-13)14-8/h1-4,8-9H,5-7,12H2. The molecule has 2 bridgehead atoms. The predicted molar refractivity (Wildman–Crippen MR) is 56.3 cm³/mol. The highest BCUT2D eigenvalue weighted by Crippen LogP contribution is 2.33. The van der Waals surface area contributed by atoms with Crippen molar-refractivity contribution in [1.82, 2.24) is 0 Å². The minimum atomic E-state index is 0.438. The zero-order valence-electron chi connectivity index (χ0n) is 8.02. The number of hydrogen-bond donors (Lipinski definition) is 1. The first-order valence-electron chi connectivity index (χ1n) is 5.08. The van der Waals surface area contributed by atoms with E-state index in [1.165, 1.54) is 6.42 Å². The molecule has 3 fully saturated rings. The first kappa shape index (κ1) is 8.12. The van der Waals surface area contributed by atoms with Gasteiger partial charge in [-0.1, -0.05) is 12.1 Å². The van der Waals surface area contributed by atoms with Crippen molar-refractivity contribution < 1.29 is 4.74 Å². The van der Waals surface area contributed by atoms with E-state index in [0.717, 1.165) is 24.5 Å². The number of hydrogen-bond acceptors (Lipinski definition) is 3. The Labute approximate surface area is 83.5 Å². The van der Waals surface area contributed by atoms with Crippen LogP contribution < -0.4 is 10.6 Å². The smallest absolute Gasteiger partial charge is 0.0780 e. The Morgan fingerprint density at radius 3 is 2.50 bits per heavy atom. The van der Waals surface area contributed by atoms with Gasteiger partial charge >= 0.3 is 0 Å². The zero-order valence-corrected chi connectivity index (χ0v) is 8.02. The lowest BCUT2D eigenvalue weighted by Crippen LogP contribution is -2.57. The molecule has 3 aliphatic heterocycles. The number of rotatable bonds is 1. The van der Waals surface area contributed by atoms with Gasteiger partial charge in [0.1, 0.15) is 0 Å². The Kier molecular flexibility index (Phi) is 1.67. The van der Waals surface area contributed by atoms with Crippen molar-refractivity contribution in [1.29, 1.82) is 0 Å². The summed E-state index contributed by atoms with van der Waals surface area (Å²) in [7, 11) is 0. The molecule has 3 aliphatic rings. The maximum Gasteiger partial charge on any atom is 0.0780 e. The molecular weight excluding hydrogens is 176 g/mol. The summed E-state index contributed by atoms with van der Waals surface area (Å²) in [5.41, 5.74) is 7.96. The molecule has 1 aromatic rings. The zero-order chi connectivity index (χ0) is 9.54. The molecule has 2 unspecified atom stereocenters. The summed E-state index contributed by atoms with van der Waals surface area (Å²) >= 11 is 0. The van der Waals surface area contributed by atoms with Crippen LogP contribution in [0.2, 0.25) is 0 Å². The van der Waals surface area contributed by atoms with Crippen LogP contribution in [0.1, 0.15) is 6.42 Å². The first-order valence-corrected chi connectivity index (χ1v) is 5.08. The molecule has 74 valence electrons. The van der Waals surface area contributed by atoms with Gasteiger partial charge in [0, 0.05) is 19.5 Å². The summed E-state index contributed by atoms with van der Waals surface area (Å²) in [6, 6.07) is 8.04. The van der Waals surface area contributed by atoms with E-state index in [4.69, 9.17) is 10.5 Å². The Bertz CT molecular complexity index is 337. The second kappa shape index (κ2) is 2.89. The molecule has 0 saturated carbocycles. The number of nitrogens with two attached hydrogens (primary N) is 1. The summed E-state index contributed by atoms with van der Waals surface area (Å²) in [4.78, 5) is 2.33. The van der Waals surface area contributed by atoms with Crippen molar-refractivity contribution >= 4 is 11.4 Å². The Hall–Kier alpha value is -1.22. The Balaban J connectivity index is 1.85. The van der Waals surface area contributed by atoms with Crippen molar-refractivity contribution in [2.45, 2.75) is 18.6 Å². The van der Waals surface area contributed by atoms with Crippen LogP contribution in [0.4, 0.5) is 11.4 Å². The first-order chi connectivity index (χ1) is 6.83. The van der Waals surface area contributed by atoms with E-state index in [0.29, 0.717) is 12.2 Å². The van der Waals surface area contributed by atoms with Crippen molar-refractivity contribution in [3.8, 4) is 0 Å². The number of piperidine rings is 1. The van der Waals surface area contributed by atoms with E-state index in [1.54, 1.807) is 0 Å². The number of benzene rings is 1. The minimum Gasteiger partial charge on any atom is -0.397 e. The molecule has 2 atom stereocenters. The Morgan fingerprint density at radius 2 is 1.86 bits per heavy atom. The van der Waals surface area contributed by atoms with Gasteiger partial charge in [0.2, 0.25) is 0 Å². The van der Waals surface area contributed by atoms with Gasteiger partial charge in [-0.3, -0.25) is 0 Å². The van der Waals surface area contributed by atoms with Crippen LogP contribution in [0.25, 0.3) is 0 Å². The van der Waals surface area contributed by atoms with Gasteiger partial charge in [0.25, 0.3) is 0 Å². The number of anilines is 2. The number of ether oxygens (including phenoxy) is 1. The maximum absolute atomic E-state index is 5.93.